The van der Waals surface area contributed by atoms with E-state index in [1.54, 1.807) is 12.1 Å². The highest BCUT2D eigenvalue weighted by atomic mass is 79.9. The lowest BCUT2D eigenvalue weighted by Crippen LogP contribution is -2.30. The summed E-state index contributed by atoms with van der Waals surface area (Å²) in [5, 5.41) is 5.38. The Morgan fingerprint density at radius 1 is 1.22 bits per heavy atom. The van der Waals surface area contributed by atoms with Gasteiger partial charge in [0.2, 0.25) is 5.91 Å². The van der Waals surface area contributed by atoms with Crippen LogP contribution in [0.1, 0.15) is 23.7 Å². The van der Waals surface area contributed by atoms with E-state index in [-0.39, 0.29) is 18.2 Å². The van der Waals surface area contributed by atoms with Gasteiger partial charge in [0.15, 0.2) is 0 Å². The standard InChI is InChI=1S/C12H14Br2N2O2/c1-2-15-11(17)5-6-16-12(18)9-7-8(13)3-4-10(9)14/h3-4,7H,2,5-6H2,1H3,(H,15,17)(H,16,18). The van der Waals surface area contributed by atoms with Crippen molar-refractivity contribution in [1.29, 1.82) is 0 Å². The summed E-state index contributed by atoms with van der Waals surface area (Å²) in [6.45, 7) is 2.78. The molecule has 1 rings (SSSR count). The number of halogens is 2. The van der Waals surface area contributed by atoms with Crippen LogP contribution >= 0.6 is 31.9 Å². The first kappa shape index (κ1) is 15.2. The highest BCUT2D eigenvalue weighted by Crippen LogP contribution is 2.21. The molecule has 0 aromatic heterocycles. The van der Waals surface area contributed by atoms with Crippen molar-refractivity contribution in [3.8, 4) is 0 Å². The number of hydrogen-bond acceptors (Lipinski definition) is 2. The van der Waals surface area contributed by atoms with E-state index in [1.807, 2.05) is 13.0 Å². The van der Waals surface area contributed by atoms with Gasteiger partial charge in [0.1, 0.15) is 0 Å². The number of rotatable bonds is 5. The van der Waals surface area contributed by atoms with E-state index in [9.17, 15) is 9.59 Å². The quantitative estimate of drug-likeness (QED) is 0.828. The Labute approximate surface area is 123 Å². The molecule has 0 atom stereocenters. The van der Waals surface area contributed by atoms with Crippen LogP contribution in [0.3, 0.4) is 0 Å². The third-order valence-electron chi connectivity index (χ3n) is 2.18. The van der Waals surface area contributed by atoms with Crippen molar-refractivity contribution in [1.82, 2.24) is 10.6 Å². The van der Waals surface area contributed by atoms with Crippen molar-refractivity contribution < 1.29 is 9.59 Å². The fraction of sp³-hybridized carbons (Fsp3) is 0.333. The molecule has 0 saturated heterocycles. The van der Waals surface area contributed by atoms with Crippen molar-refractivity contribution in [3.05, 3.63) is 32.7 Å². The summed E-state index contributed by atoms with van der Waals surface area (Å²) in [6, 6.07) is 5.36. The predicted molar refractivity (Wildman–Crippen MR) is 77.5 cm³/mol. The van der Waals surface area contributed by atoms with Gasteiger partial charge in [-0.3, -0.25) is 9.59 Å². The first-order valence-electron chi connectivity index (χ1n) is 5.54. The van der Waals surface area contributed by atoms with Gasteiger partial charge in [-0.25, -0.2) is 0 Å². The zero-order valence-electron chi connectivity index (χ0n) is 9.93. The maximum atomic E-state index is 11.9. The van der Waals surface area contributed by atoms with Gasteiger partial charge < -0.3 is 10.6 Å². The van der Waals surface area contributed by atoms with E-state index in [0.29, 0.717) is 18.7 Å². The van der Waals surface area contributed by atoms with Gasteiger partial charge in [-0.15, -0.1) is 0 Å². The molecule has 0 fully saturated rings. The zero-order valence-corrected chi connectivity index (χ0v) is 13.1. The Kier molecular flexibility index (Phi) is 6.35. The molecule has 2 N–H and O–H groups in total. The molecule has 1 aromatic carbocycles. The highest BCUT2D eigenvalue weighted by Gasteiger charge is 2.10. The van der Waals surface area contributed by atoms with Crippen molar-refractivity contribution in [2.75, 3.05) is 13.1 Å². The number of amides is 2. The molecule has 98 valence electrons. The molecule has 18 heavy (non-hydrogen) atoms. The molecule has 0 spiro atoms. The molecule has 0 aliphatic rings. The zero-order chi connectivity index (χ0) is 13.5. The van der Waals surface area contributed by atoms with Gasteiger partial charge in [-0.1, -0.05) is 15.9 Å². The van der Waals surface area contributed by atoms with Crippen molar-refractivity contribution in [3.63, 3.8) is 0 Å². The summed E-state index contributed by atoms with van der Waals surface area (Å²) in [4.78, 5) is 23.1. The molecule has 0 radical (unpaired) electrons. The molecule has 2 amide bonds. The van der Waals surface area contributed by atoms with Crippen LogP contribution < -0.4 is 10.6 Å². The van der Waals surface area contributed by atoms with Crippen LogP contribution in [0.5, 0.6) is 0 Å². The first-order chi connectivity index (χ1) is 8.54. The lowest BCUT2D eigenvalue weighted by molar-refractivity contribution is -0.120. The highest BCUT2D eigenvalue weighted by molar-refractivity contribution is 9.11. The summed E-state index contributed by atoms with van der Waals surface area (Å²) in [5.74, 6) is -0.265. The largest absolute Gasteiger partial charge is 0.356 e. The third kappa shape index (κ3) is 4.78. The Morgan fingerprint density at radius 2 is 1.94 bits per heavy atom. The second-order valence-electron chi connectivity index (χ2n) is 3.58. The Balaban J connectivity index is 2.50. The van der Waals surface area contributed by atoms with Gasteiger partial charge >= 0.3 is 0 Å². The van der Waals surface area contributed by atoms with Gasteiger partial charge in [0.05, 0.1) is 5.56 Å². The number of nitrogens with one attached hydrogen (secondary N) is 2. The summed E-state index contributed by atoms with van der Waals surface area (Å²) in [7, 11) is 0. The van der Waals surface area contributed by atoms with Crippen LogP contribution in [-0.4, -0.2) is 24.9 Å². The van der Waals surface area contributed by atoms with E-state index >= 15 is 0 Å². The number of carbonyl (C=O) groups excluding carboxylic acids is 2. The molecule has 0 aliphatic carbocycles. The normalized spacial score (nSPS) is 9.94. The number of carbonyl (C=O) groups is 2. The van der Waals surface area contributed by atoms with Gasteiger partial charge in [0.25, 0.3) is 5.91 Å². The Morgan fingerprint density at radius 3 is 2.61 bits per heavy atom. The lowest BCUT2D eigenvalue weighted by atomic mass is 10.2. The lowest BCUT2D eigenvalue weighted by Gasteiger charge is -2.07. The summed E-state index contributed by atoms with van der Waals surface area (Å²) < 4.78 is 1.56. The molecule has 1 aromatic rings. The molecule has 6 heteroatoms. The second kappa shape index (κ2) is 7.53. The molecular formula is C12H14Br2N2O2. The van der Waals surface area contributed by atoms with E-state index in [0.717, 1.165) is 8.95 Å². The Bertz CT molecular complexity index is 450. The average molecular weight is 378 g/mol. The first-order valence-corrected chi connectivity index (χ1v) is 7.13. The van der Waals surface area contributed by atoms with E-state index in [1.165, 1.54) is 0 Å². The minimum absolute atomic E-state index is 0.0638. The van der Waals surface area contributed by atoms with Crippen LogP contribution in [0.25, 0.3) is 0 Å². The van der Waals surface area contributed by atoms with Gasteiger partial charge in [-0.05, 0) is 41.1 Å². The van der Waals surface area contributed by atoms with Crippen LogP contribution in [0.2, 0.25) is 0 Å². The van der Waals surface area contributed by atoms with Crippen molar-refractivity contribution in [2.45, 2.75) is 13.3 Å². The third-order valence-corrected chi connectivity index (χ3v) is 3.37. The minimum Gasteiger partial charge on any atom is -0.356 e. The van der Waals surface area contributed by atoms with E-state index in [2.05, 4.69) is 42.5 Å². The van der Waals surface area contributed by atoms with Crippen LogP contribution in [0.15, 0.2) is 27.1 Å². The van der Waals surface area contributed by atoms with Crippen molar-refractivity contribution >= 4 is 43.7 Å². The predicted octanol–water partition coefficient (Wildman–Crippen LogP) is 2.47. The maximum Gasteiger partial charge on any atom is 0.252 e. The van der Waals surface area contributed by atoms with E-state index in [4.69, 9.17) is 0 Å². The van der Waals surface area contributed by atoms with Crippen LogP contribution in [-0.2, 0) is 4.79 Å². The SMILES string of the molecule is CCNC(=O)CCNC(=O)c1cc(Br)ccc1Br. The molecule has 0 aliphatic heterocycles. The molecule has 4 nitrogen and oxygen atoms in total. The molecule has 0 heterocycles. The average Bonchev–Trinajstić information content (AvgIpc) is 2.32. The smallest absolute Gasteiger partial charge is 0.252 e. The molecule has 0 bridgehead atoms. The number of hydrogen-bond donors (Lipinski definition) is 2. The second-order valence-corrected chi connectivity index (χ2v) is 5.35. The fourth-order valence-electron chi connectivity index (χ4n) is 1.34. The topological polar surface area (TPSA) is 58.2 Å². The van der Waals surface area contributed by atoms with Gasteiger partial charge in [0, 0.05) is 28.5 Å². The summed E-state index contributed by atoms with van der Waals surface area (Å²) in [6.07, 6.45) is 0.283. The van der Waals surface area contributed by atoms with Crippen LogP contribution in [0.4, 0.5) is 0 Å². The Hall–Kier alpha value is -0.880. The van der Waals surface area contributed by atoms with Crippen molar-refractivity contribution in [2.24, 2.45) is 0 Å². The van der Waals surface area contributed by atoms with Gasteiger partial charge in [-0.2, -0.15) is 0 Å². The van der Waals surface area contributed by atoms with E-state index < -0.39 is 0 Å². The van der Waals surface area contributed by atoms with Crippen LogP contribution in [0, 0.1) is 0 Å². The monoisotopic (exact) mass is 376 g/mol. The summed E-state index contributed by atoms with van der Waals surface area (Å²) in [5.41, 5.74) is 0.542. The minimum atomic E-state index is -0.201. The number of benzene rings is 1. The molecule has 0 unspecified atom stereocenters. The maximum absolute atomic E-state index is 11.9. The molecule has 0 saturated carbocycles. The molecular weight excluding hydrogens is 364 g/mol. The fourth-order valence-corrected chi connectivity index (χ4v) is 2.13. The summed E-state index contributed by atoms with van der Waals surface area (Å²) >= 11 is 6.63.